The third-order valence-electron chi connectivity index (χ3n) is 10.3. The number of carbonyl (C=O) groups is 3. The Morgan fingerprint density at radius 3 is 1.95 bits per heavy atom. The molecule has 0 heterocycles. The lowest BCUT2D eigenvalue weighted by molar-refractivity contribution is -0.528. The number of nitrogens with one attached hydrogen (secondary N) is 2. The fourth-order valence-electron chi connectivity index (χ4n) is 7.75. The van der Waals surface area contributed by atoms with Crippen molar-refractivity contribution in [1.29, 1.82) is 0 Å². The number of aliphatic carboxylic acids is 2. The van der Waals surface area contributed by atoms with Crippen LogP contribution in [0.25, 0.3) is 0 Å². The predicted octanol–water partition coefficient (Wildman–Crippen LogP) is 3.14. The average Bonchev–Trinajstić information content (AvgIpc) is 2.95. The van der Waals surface area contributed by atoms with Gasteiger partial charge in [0.05, 0.1) is 30.5 Å². The van der Waals surface area contributed by atoms with E-state index in [1.807, 2.05) is 0 Å². The molecule has 0 aromatic heterocycles. The molecule has 4 aliphatic carbocycles. The fourth-order valence-corrected chi connectivity index (χ4v) is 7.75. The van der Waals surface area contributed by atoms with E-state index in [4.69, 9.17) is 4.84 Å². The van der Waals surface area contributed by atoms with Crippen LogP contribution in [0.5, 0.6) is 0 Å². The van der Waals surface area contributed by atoms with Gasteiger partial charge in [-0.1, -0.05) is 0 Å². The first kappa shape index (κ1) is 31.6. The van der Waals surface area contributed by atoms with Crippen LogP contribution in [0.15, 0.2) is 0 Å². The molecular weight excluding hydrogens is 534 g/mol. The van der Waals surface area contributed by atoms with Crippen molar-refractivity contribution >= 4 is 17.8 Å². The molecular formula is C29H47N3O9. The van der Waals surface area contributed by atoms with Crippen LogP contribution < -0.4 is 10.8 Å². The fraction of sp³-hybridized carbons (Fsp3) is 0.897. The molecule has 4 saturated carbocycles. The van der Waals surface area contributed by atoms with Gasteiger partial charge in [0.25, 0.3) is 0 Å². The molecule has 12 heteroatoms. The van der Waals surface area contributed by atoms with E-state index in [9.17, 15) is 39.8 Å². The third kappa shape index (κ3) is 8.84. The van der Waals surface area contributed by atoms with E-state index in [2.05, 4.69) is 10.8 Å². The lowest BCUT2D eigenvalue weighted by Gasteiger charge is -2.36. The van der Waals surface area contributed by atoms with Crippen molar-refractivity contribution in [2.75, 3.05) is 6.61 Å². The first-order valence-corrected chi connectivity index (χ1v) is 15.6. The Kier molecular flexibility index (Phi) is 11.4. The average molecular weight is 582 g/mol. The van der Waals surface area contributed by atoms with Gasteiger partial charge < -0.3 is 25.5 Å². The van der Waals surface area contributed by atoms with E-state index in [0.29, 0.717) is 37.7 Å². The molecule has 1 amide bonds. The van der Waals surface area contributed by atoms with Crippen LogP contribution >= 0.6 is 0 Å². The van der Waals surface area contributed by atoms with Gasteiger partial charge >= 0.3 is 11.9 Å². The highest BCUT2D eigenvalue weighted by molar-refractivity contribution is 5.85. The van der Waals surface area contributed by atoms with Gasteiger partial charge in [-0.3, -0.25) is 24.5 Å². The van der Waals surface area contributed by atoms with Crippen molar-refractivity contribution in [3.63, 3.8) is 0 Å². The van der Waals surface area contributed by atoms with Gasteiger partial charge in [-0.05, 0) is 101 Å². The van der Waals surface area contributed by atoms with Crippen molar-refractivity contribution in [2.24, 2.45) is 35.5 Å². The molecule has 12 nitrogen and oxygen atoms in total. The van der Waals surface area contributed by atoms with Crippen LogP contribution in [0.4, 0.5) is 0 Å². The molecule has 6 unspecified atom stereocenters. The zero-order valence-corrected chi connectivity index (χ0v) is 23.8. The van der Waals surface area contributed by atoms with Crippen molar-refractivity contribution in [3.05, 3.63) is 10.1 Å². The first-order chi connectivity index (χ1) is 19.6. The number of carboxylic acids is 2. The predicted molar refractivity (Wildman–Crippen MR) is 147 cm³/mol. The summed E-state index contributed by atoms with van der Waals surface area (Å²) in [5.74, 6) is -3.37. The topological polar surface area (TPSA) is 188 Å². The van der Waals surface area contributed by atoms with Crippen LogP contribution in [0.3, 0.4) is 0 Å². The number of carbonyl (C=O) groups excluding carboxylic acids is 1. The number of hydrogen-bond acceptors (Lipinski definition) is 8. The van der Waals surface area contributed by atoms with Crippen LogP contribution in [0.1, 0.15) is 96.3 Å². The summed E-state index contributed by atoms with van der Waals surface area (Å²) in [4.78, 5) is 52.7. The van der Waals surface area contributed by atoms with E-state index in [1.165, 1.54) is 0 Å². The van der Waals surface area contributed by atoms with Gasteiger partial charge in [-0.25, -0.2) is 0 Å². The van der Waals surface area contributed by atoms with E-state index in [-0.39, 0.29) is 48.1 Å². The van der Waals surface area contributed by atoms with Crippen LogP contribution in [-0.4, -0.2) is 68.9 Å². The van der Waals surface area contributed by atoms with Gasteiger partial charge in [-0.2, -0.15) is 5.48 Å². The SMILES string of the molecule is O=C(O)C1CC(O)CCC1CONC1CCC(CC2CCC(NC(=O)C3CC([N+](=O)[O-])CCC3C(=O)O)CC2)CC1. The zero-order chi connectivity index (χ0) is 29.5. The Bertz CT molecular complexity index is 917. The number of aliphatic hydroxyl groups is 1. The van der Waals surface area contributed by atoms with Gasteiger partial charge in [-0.15, -0.1) is 0 Å². The molecule has 41 heavy (non-hydrogen) atoms. The number of carboxylic acid groups (broad SMARTS) is 2. The molecule has 0 radical (unpaired) electrons. The molecule has 0 bridgehead atoms. The molecule has 5 N–H and O–H groups in total. The zero-order valence-electron chi connectivity index (χ0n) is 23.8. The molecule has 4 fully saturated rings. The van der Waals surface area contributed by atoms with Crippen molar-refractivity contribution in [3.8, 4) is 0 Å². The lowest BCUT2D eigenvalue weighted by Crippen LogP contribution is -2.48. The normalized spacial score (nSPS) is 38.1. The highest BCUT2D eigenvalue weighted by Crippen LogP contribution is 2.37. The van der Waals surface area contributed by atoms with Crippen molar-refractivity contribution in [1.82, 2.24) is 10.8 Å². The second-order valence-electron chi connectivity index (χ2n) is 13.1. The van der Waals surface area contributed by atoms with E-state index in [1.54, 1.807) is 0 Å². The first-order valence-electron chi connectivity index (χ1n) is 15.6. The van der Waals surface area contributed by atoms with Gasteiger partial charge in [0.2, 0.25) is 11.9 Å². The summed E-state index contributed by atoms with van der Waals surface area (Å²) in [6, 6.07) is -0.599. The minimum Gasteiger partial charge on any atom is -0.481 e. The van der Waals surface area contributed by atoms with Gasteiger partial charge in [0.15, 0.2) is 0 Å². The summed E-state index contributed by atoms with van der Waals surface area (Å²) in [6.07, 6.45) is 10.5. The Balaban J connectivity index is 1.12. The minimum atomic E-state index is -1.05. The molecule has 0 spiro atoms. The van der Waals surface area contributed by atoms with Crippen molar-refractivity contribution in [2.45, 2.75) is 121 Å². The minimum absolute atomic E-state index is 0.00517. The van der Waals surface area contributed by atoms with Crippen LogP contribution in [0, 0.1) is 45.6 Å². The molecule has 232 valence electrons. The number of aliphatic hydroxyl groups excluding tert-OH is 1. The maximum atomic E-state index is 13.0. The quantitative estimate of drug-likeness (QED) is 0.179. The van der Waals surface area contributed by atoms with Crippen LogP contribution in [0.2, 0.25) is 0 Å². The largest absolute Gasteiger partial charge is 0.481 e. The molecule has 0 aliphatic heterocycles. The molecule has 0 aromatic carbocycles. The number of amides is 1. The molecule has 4 aliphatic rings. The molecule has 0 aromatic rings. The Morgan fingerprint density at radius 1 is 0.756 bits per heavy atom. The van der Waals surface area contributed by atoms with Crippen molar-refractivity contribution < 1.29 is 39.5 Å². The highest BCUT2D eigenvalue weighted by Gasteiger charge is 2.44. The summed E-state index contributed by atoms with van der Waals surface area (Å²) >= 11 is 0. The summed E-state index contributed by atoms with van der Waals surface area (Å²) in [6.45, 7) is 0.345. The van der Waals surface area contributed by atoms with Gasteiger partial charge in [0, 0.05) is 29.8 Å². The lowest BCUT2D eigenvalue weighted by atomic mass is 9.75. The Labute approximate surface area is 241 Å². The van der Waals surface area contributed by atoms with E-state index in [0.717, 1.165) is 57.8 Å². The maximum absolute atomic E-state index is 13.0. The smallest absolute Gasteiger partial charge is 0.307 e. The Hall–Kier alpha value is -2.31. The third-order valence-corrected chi connectivity index (χ3v) is 10.3. The summed E-state index contributed by atoms with van der Waals surface area (Å²) in [5, 5.41) is 43.1. The van der Waals surface area contributed by atoms with Crippen LogP contribution in [-0.2, 0) is 19.2 Å². The second-order valence-corrected chi connectivity index (χ2v) is 13.1. The monoisotopic (exact) mass is 581 g/mol. The molecule has 4 rings (SSSR count). The molecule has 0 saturated heterocycles. The molecule has 6 atom stereocenters. The number of hydroxylamine groups is 1. The summed E-state index contributed by atoms with van der Waals surface area (Å²) in [7, 11) is 0. The van der Waals surface area contributed by atoms with E-state index >= 15 is 0 Å². The number of rotatable bonds is 11. The maximum Gasteiger partial charge on any atom is 0.307 e. The summed E-state index contributed by atoms with van der Waals surface area (Å²) in [5.41, 5.74) is 3.16. The number of nitrogens with zero attached hydrogens (tertiary/aromatic N) is 1. The Morgan fingerprint density at radius 2 is 1.37 bits per heavy atom. The number of nitro groups is 1. The second kappa shape index (κ2) is 14.7. The van der Waals surface area contributed by atoms with E-state index < -0.39 is 41.8 Å². The number of hydrogen-bond donors (Lipinski definition) is 5. The summed E-state index contributed by atoms with van der Waals surface area (Å²) < 4.78 is 0. The highest BCUT2D eigenvalue weighted by atomic mass is 16.6. The van der Waals surface area contributed by atoms with Gasteiger partial charge in [0.1, 0.15) is 0 Å². The standard InChI is InChI=1S/C29H47N3O9/c33-23-11-5-19(25(15-23)29(37)38)16-41-31-21-8-3-18(4-9-21)13-17-1-6-20(7-2-17)30-27(34)26-14-22(32(39)40)10-12-24(26)28(35)36/h17-26,31,33H,1-16H2,(H,30,34)(H,35,36)(H,37,38).